The van der Waals surface area contributed by atoms with Gasteiger partial charge in [-0.2, -0.15) is 0 Å². The van der Waals surface area contributed by atoms with E-state index in [1.807, 2.05) is 42.1 Å². The van der Waals surface area contributed by atoms with Gasteiger partial charge < -0.3 is 14.6 Å². The van der Waals surface area contributed by atoms with Gasteiger partial charge in [0.25, 0.3) is 0 Å². The molecule has 1 heterocycles. The first kappa shape index (κ1) is 16.1. The van der Waals surface area contributed by atoms with Gasteiger partial charge in [0.1, 0.15) is 17.6 Å². The molecule has 0 fully saturated rings. The molecule has 0 aliphatic rings. The number of para-hydroxylation sites is 1. The minimum absolute atomic E-state index is 0.0285. The predicted molar refractivity (Wildman–Crippen MR) is 85.7 cm³/mol. The van der Waals surface area contributed by atoms with Gasteiger partial charge in [-0.3, -0.25) is 4.79 Å². The molecule has 0 saturated carbocycles. The molecule has 2 rings (SSSR count). The highest BCUT2D eigenvalue weighted by atomic mass is 16.5. The predicted octanol–water partition coefficient (Wildman–Crippen LogP) is 2.82. The van der Waals surface area contributed by atoms with E-state index in [9.17, 15) is 4.79 Å². The molecule has 118 valence electrons. The number of nitrogens with zero attached hydrogens (tertiary/aromatic N) is 2. The Morgan fingerprint density at radius 3 is 2.82 bits per heavy atom. The van der Waals surface area contributed by atoms with Crippen molar-refractivity contribution in [2.24, 2.45) is 7.05 Å². The molecule has 5 nitrogen and oxygen atoms in total. The smallest absolute Gasteiger partial charge is 0.220 e. The summed E-state index contributed by atoms with van der Waals surface area (Å²) in [4.78, 5) is 16.6. The van der Waals surface area contributed by atoms with Crippen LogP contribution in [0.25, 0.3) is 0 Å². The molecule has 22 heavy (non-hydrogen) atoms. The molecule has 5 heteroatoms. The maximum absolute atomic E-state index is 12.2. The zero-order chi connectivity index (χ0) is 15.9. The van der Waals surface area contributed by atoms with E-state index in [0.717, 1.165) is 30.0 Å². The average molecular weight is 301 g/mol. The lowest BCUT2D eigenvalue weighted by molar-refractivity contribution is -0.121. The van der Waals surface area contributed by atoms with E-state index in [4.69, 9.17) is 4.74 Å². The molecule has 0 radical (unpaired) electrons. The quantitative estimate of drug-likeness (QED) is 0.855. The standard InChI is InChI=1S/C17H23N3O2/c1-4-5-10-15(21)19-16(17-18-11-12-20(17)2)13-8-6-7-9-14(13)22-3/h6-9,11-12,16H,4-5,10H2,1-3H3,(H,19,21). The van der Waals surface area contributed by atoms with Gasteiger partial charge in [-0.25, -0.2) is 4.98 Å². The van der Waals surface area contributed by atoms with Crippen molar-refractivity contribution in [1.82, 2.24) is 14.9 Å². The third-order valence-corrected chi connectivity index (χ3v) is 3.63. The van der Waals surface area contributed by atoms with Gasteiger partial charge >= 0.3 is 0 Å². The molecule has 2 aromatic rings. The largest absolute Gasteiger partial charge is 0.496 e. The SMILES string of the molecule is CCCCC(=O)NC(c1ccccc1OC)c1nccn1C. The summed E-state index contributed by atoms with van der Waals surface area (Å²) in [6, 6.07) is 7.38. The van der Waals surface area contributed by atoms with Gasteiger partial charge in [-0.1, -0.05) is 31.5 Å². The Hall–Kier alpha value is -2.30. The van der Waals surface area contributed by atoms with Gasteiger partial charge in [0.05, 0.1) is 7.11 Å². The minimum atomic E-state index is -0.319. The Bertz CT molecular complexity index is 622. The van der Waals surface area contributed by atoms with Crippen molar-refractivity contribution >= 4 is 5.91 Å². The topological polar surface area (TPSA) is 56.1 Å². The maximum Gasteiger partial charge on any atom is 0.220 e. The molecule has 1 atom stereocenters. The number of imidazole rings is 1. The number of hydrogen-bond donors (Lipinski definition) is 1. The zero-order valence-electron chi connectivity index (χ0n) is 13.4. The second-order valence-corrected chi connectivity index (χ2v) is 5.24. The third-order valence-electron chi connectivity index (χ3n) is 3.63. The van der Waals surface area contributed by atoms with Gasteiger partial charge in [0, 0.05) is 31.4 Å². The number of ether oxygens (including phenoxy) is 1. The number of carbonyl (C=O) groups excluding carboxylic acids is 1. The van der Waals surface area contributed by atoms with E-state index in [1.54, 1.807) is 13.3 Å². The first-order chi connectivity index (χ1) is 10.7. The molecule has 1 unspecified atom stereocenters. The summed E-state index contributed by atoms with van der Waals surface area (Å²) >= 11 is 0. The Morgan fingerprint density at radius 1 is 1.41 bits per heavy atom. The van der Waals surface area contributed by atoms with Gasteiger partial charge in [-0.15, -0.1) is 0 Å². The van der Waals surface area contributed by atoms with Gasteiger partial charge in [0.15, 0.2) is 0 Å². The van der Waals surface area contributed by atoms with E-state index in [2.05, 4.69) is 17.2 Å². The normalized spacial score (nSPS) is 12.0. The second kappa shape index (κ2) is 7.64. The highest BCUT2D eigenvalue weighted by Crippen LogP contribution is 2.29. The summed E-state index contributed by atoms with van der Waals surface area (Å²) in [5.41, 5.74) is 0.907. The van der Waals surface area contributed by atoms with E-state index in [1.165, 1.54) is 0 Å². The summed E-state index contributed by atoms with van der Waals surface area (Å²) < 4.78 is 7.35. The molecule has 0 bridgehead atoms. The van der Waals surface area contributed by atoms with E-state index >= 15 is 0 Å². The molecule has 0 spiro atoms. The Labute approximate surface area is 131 Å². The van der Waals surface area contributed by atoms with Crippen LogP contribution in [0.5, 0.6) is 5.75 Å². The summed E-state index contributed by atoms with van der Waals surface area (Å²) in [5.74, 6) is 1.56. The van der Waals surface area contributed by atoms with Crippen molar-refractivity contribution in [1.29, 1.82) is 0 Å². The van der Waals surface area contributed by atoms with Crippen molar-refractivity contribution in [3.63, 3.8) is 0 Å². The van der Waals surface area contributed by atoms with Crippen LogP contribution in [0.4, 0.5) is 0 Å². The van der Waals surface area contributed by atoms with Crippen molar-refractivity contribution in [2.75, 3.05) is 7.11 Å². The lowest BCUT2D eigenvalue weighted by Gasteiger charge is -2.21. The summed E-state index contributed by atoms with van der Waals surface area (Å²) in [5, 5.41) is 3.08. The molecular weight excluding hydrogens is 278 g/mol. The number of rotatable bonds is 7. The van der Waals surface area contributed by atoms with E-state index < -0.39 is 0 Å². The van der Waals surface area contributed by atoms with Crippen LogP contribution in [-0.4, -0.2) is 22.6 Å². The Balaban J connectivity index is 2.34. The first-order valence-corrected chi connectivity index (χ1v) is 7.56. The fourth-order valence-electron chi connectivity index (χ4n) is 2.41. The molecule has 0 aliphatic heterocycles. The second-order valence-electron chi connectivity index (χ2n) is 5.24. The van der Waals surface area contributed by atoms with Crippen LogP contribution in [0, 0.1) is 0 Å². The lowest BCUT2D eigenvalue weighted by atomic mass is 10.0. The van der Waals surface area contributed by atoms with Crippen molar-refractivity contribution in [2.45, 2.75) is 32.2 Å². The van der Waals surface area contributed by atoms with Crippen LogP contribution in [0.2, 0.25) is 0 Å². The van der Waals surface area contributed by atoms with Crippen molar-refractivity contribution in [3.05, 3.63) is 48.0 Å². The van der Waals surface area contributed by atoms with Crippen LogP contribution in [0.3, 0.4) is 0 Å². The van der Waals surface area contributed by atoms with E-state index in [-0.39, 0.29) is 11.9 Å². The molecule has 0 aliphatic carbocycles. The molecular formula is C17H23N3O2. The molecule has 1 amide bonds. The number of amides is 1. The number of unbranched alkanes of at least 4 members (excludes halogenated alkanes) is 1. The number of methoxy groups -OCH3 is 1. The van der Waals surface area contributed by atoms with Crippen LogP contribution >= 0.6 is 0 Å². The van der Waals surface area contributed by atoms with Crippen molar-refractivity contribution < 1.29 is 9.53 Å². The fraction of sp³-hybridized carbons (Fsp3) is 0.412. The summed E-state index contributed by atoms with van der Waals surface area (Å²) in [6.07, 6.45) is 6.00. The molecule has 0 saturated heterocycles. The Morgan fingerprint density at radius 2 is 2.18 bits per heavy atom. The van der Waals surface area contributed by atoms with Gasteiger partial charge in [-0.05, 0) is 12.5 Å². The monoisotopic (exact) mass is 301 g/mol. The summed E-state index contributed by atoms with van der Waals surface area (Å²) in [6.45, 7) is 2.07. The average Bonchev–Trinajstić information content (AvgIpc) is 2.96. The number of aromatic nitrogens is 2. The molecule has 1 aromatic heterocycles. The fourth-order valence-corrected chi connectivity index (χ4v) is 2.41. The Kier molecular flexibility index (Phi) is 5.58. The maximum atomic E-state index is 12.2. The van der Waals surface area contributed by atoms with Crippen LogP contribution in [0.15, 0.2) is 36.7 Å². The summed E-state index contributed by atoms with van der Waals surface area (Å²) in [7, 11) is 3.55. The number of benzene rings is 1. The highest BCUT2D eigenvalue weighted by molar-refractivity contribution is 5.77. The van der Waals surface area contributed by atoms with Gasteiger partial charge in [0.2, 0.25) is 5.91 Å². The lowest BCUT2D eigenvalue weighted by Crippen LogP contribution is -2.31. The first-order valence-electron chi connectivity index (χ1n) is 7.56. The number of nitrogens with one attached hydrogen (secondary N) is 1. The zero-order valence-corrected chi connectivity index (χ0v) is 13.4. The van der Waals surface area contributed by atoms with Crippen LogP contribution < -0.4 is 10.1 Å². The third kappa shape index (κ3) is 3.67. The number of carbonyl (C=O) groups is 1. The van der Waals surface area contributed by atoms with Crippen molar-refractivity contribution in [3.8, 4) is 5.75 Å². The molecule has 1 aromatic carbocycles. The van der Waals surface area contributed by atoms with E-state index in [0.29, 0.717) is 6.42 Å². The van der Waals surface area contributed by atoms with Crippen LogP contribution in [-0.2, 0) is 11.8 Å². The molecule has 1 N–H and O–H groups in total. The number of hydrogen-bond acceptors (Lipinski definition) is 3. The number of aryl methyl sites for hydroxylation is 1. The van der Waals surface area contributed by atoms with Crippen LogP contribution in [0.1, 0.15) is 43.6 Å². The minimum Gasteiger partial charge on any atom is -0.496 e. The highest BCUT2D eigenvalue weighted by Gasteiger charge is 2.23.